The number of carbonyl (C=O) groups is 1. The van der Waals surface area contributed by atoms with Gasteiger partial charge in [0, 0.05) is 0 Å². The van der Waals surface area contributed by atoms with Crippen LogP contribution in [0.3, 0.4) is 0 Å². The molecule has 0 aromatic heterocycles. The van der Waals surface area contributed by atoms with Gasteiger partial charge in [0.15, 0.2) is 6.10 Å². The number of hydrogen-bond acceptors (Lipinski definition) is 3. The average molecular weight is 291 g/mol. The summed E-state index contributed by atoms with van der Waals surface area (Å²) in [5.41, 5.74) is -0.0910. The lowest BCUT2D eigenvalue weighted by molar-refractivity contribution is -0.133. The van der Waals surface area contributed by atoms with E-state index in [1.54, 1.807) is 24.3 Å². The van der Waals surface area contributed by atoms with Crippen LogP contribution in [0.4, 0.5) is 0 Å². The number of hydrogen-bond donors (Lipinski definition) is 3. The van der Waals surface area contributed by atoms with Crippen LogP contribution in [0, 0.1) is 5.92 Å². The lowest BCUT2D eigenvalue weighted by Gasteiger charge is -2.39. The topological polar surface area (TPSA) is 69.6 Å². The van der Waals surface area contributed by atoms with Gasteiger partial charge in [0.1, 0.15) is 0 Å². The third-order valence-electron chi connectivity index (χ3n) is 4.61. The van der Waals surface area contributed by atoms with Crippen LogP contribution in [-0.4, -0.2) is 28.3 Å². The van der Waals surface area contributed by atoms with Gasteiger partial charge in [-0.2, -0.15) is 0 Å². The van der Waals surface area contributed by atoms with Crippen molar-refractivity contribution < 1.29 is 15.0 Å². The first-order valence-electron chi connectivity index (χ1n) is 7.73. The summed E-state index contributed by atoms with van der Waals surface area (Å²) in [4.78, 5) is 12.3. The first-order chi connectivity index (χ1) is 10.1. The maximum Gasteiger partial charge on any atom is 0.253 e. The van der Waals surface area contributed by atoms with Crippen molar-refractivity contribution in [2.75, 3.05) is 6.61 Å². The number of nitrogens with one attached hydrogen (secondary N) is 1. The van der Waals surface area contributed by atoms with Gasteiger partial charge in [-0.05, 0) is 31.2 Å². The third kappa shape index (κ3) is 3.83. The van der Waals surface area contributed by atoms with E-state index in [1.807, 2.05) is 13.0 Å². The molecule has 21 heavy (non-hydrogen) atoms. The molecule has 1 aromatic carbocycles. The summed E-state index contributed by atoms with van der Waals surface area (Å²) in [6, 6.07) is 8.87. The SMILES string of the molecule is CC(CO)(NC(=O)[C@H](O)c1ccccc1)C1CCCCC1. The van der Waals surface area contributed by atoms with Crippen molar-refractivity contribution >= 4 is 5.91 Å². The largest absolute Gasteiger partial charge is 0.394 e. The van der Waals surface area contributed by atoms with Crippen LogP contribution in [0.1, 0.15) is 50.7 Å². The van der Waals surface area contributed by atoms with Crippen molar-refractivity contribution in [1.82, 2.24) is 5.32 Å². The van der Waals surface area contributed by atoms with Gasteiger partial charge >= 0.3 is 0 Å². The molecule has 4 nitrogen and oxygen atoms in total. The summed E-state index contributed by atoms with van der Waals surface area (Å²) in [5, 5.41) is 22.8. The highest BCUT2D eigenvalue weighted by Gasteiger charge is 2.37. The Morgan fingerprint density at radius 1 is 1.29 bits per heavy atom. The van der Waals surface area contributed by atoms with Crippen LogP contribution in [0.25, 0.3) is 0 Å². The van der Waals surface area contributed by atoms with Crippen LogP contribution in [0.15, 0.2) is 30.3 Å². The zero-order valence-corrected chi connectivity index (χ0v) is 12.6. The second kappa shape index (κ2) is 7.05. The molecular formula is C17H25NO3. The predicted molar refractivity (Wildman–Crippen MR) is 81.6 cm³/mol. The molecule has 1 aliphatic carbocycles. The van der Waals surface area contributed by atoms with E-state index in [-0.39, 0.29) is 12.5 Å². The van der Waals surface area contributed by atoms with E-state index in [9.17, 15) is 15.0 Å². The molecule has 1 aromatic rings. The minimum Gasteiger partial charge on any atom is -0.394 e. The van der Waals surface area contributed by atoms with E-state index in [0.717, 1.165) is 25.7 Å². The van der Waals surface area contributed by atoms with Crippen molar-refractivity contribution in [3.8, 4) is 0 Å². The van der Waals surface area contributed by atoms with Gasteiger partial charge in [-0.3, -0.25) is 4.79 Å². The normalized spacial score (nSPS) is 20.5. The van der Waals surface area contributed by atoms with E-state index in [1.165, 1.54) is 6.42 Å². The second-order valence-corrected chi connectivity index (χ2v) is 6.21. The van der Waals surface area contributed by atoms with Gasteiger partial charge in [0.05, 0.1) is 12.1 Å². The van der Waals surface area contributed by atoms with E-state index < -0.39 is 17.6 Å². The van der Waals surface area contributed by atoms with Crippen LogP contribution >= 0.6 is 0 Å². The molecule has 0 heterocycles. The van der Waals surface area contributed by atoms with Crippen LogP contribution in [0.5, 0.6) is 0 Å². The Labute approximate surface area is 126 Å². The molecule has 2 atom stereocenters. The first-order valence-corrected chi connectivity index (χ1v) is 7.73. The molecule has 0 aliphatic heterocycles. The van der Waals surface area contributed by atoms with Crippen molar-refractivity contribution in [3.63, 3.8) is 0 Å². The Bertz CT molecular complexity index is 456. The highest BCUT2D eigenvalue weighted by molar-refractivity contribution is 5.82. The summed E-state index contributed by atoms with van der Waals surface area (Å²) >= 11 is 0. The van der Waals surface area contributed by atoms with E-state index >= 15 is 0 Å². The second-order valence-electron chi connectivity index (χ2n) is 6.21. The number of carbonyl (C=O) groups excluding carboxylic acids is 1. The van der Waals surface area contributed by atoms with Crippen LogP contribution in [0.2, 0.25) is 0 Å². The molecule has 0 spiro atoms. The van der Waals surface area contributed by atoms with Crippen molar-refractivity contribution in [2.24, 2.45) is 5.92 Å². The van der Waals surface area contributed by atoms with Crippen molar-refractivity contribution in [2.45, 2.75) is 50.7 Å². The molecule has 1 unspecified atom stereocenters. The minimum atomic E-state index is -1.19. The Hall–Kier alpha value is -1.39. The first kappa shape index (κ1) is 16.0. The fourth-order valence-electron chi connectivity index (χ4n) is 3.15. The summed E-state index contributed by atoms with van der Waals surface area (Å²) in [7, 11) is 0. The van der Waals surface area contributed by atoms with Gasteiger partial charge in [-0.25, -0.2) is 0 Å². The lowest BCUT2D eigenvalue weighted by Crippen LogP contribution is -2.55. The Morgan fingerprint density at radius 3 is 2.48 bits per heavy atom. The van der Waals surface area contributed by atoms with Crippen molar-refractivity contribution in [1.29, 1.82) is 0 Å². The van der Waals surface area contributed by atoms with E-state index in [4.69, 9.17) is 0 Å². The fraction of sp³-hybridized carbons (Fsp3) is 0.588. The number of rotatable bonds is 5. The van der Waals surface area contributed by atoms with Gasteiger partial charge in [-0.15, -0.1) is 0 Å². The molecule has 0 saturated heterocycles. The van der Waals surface area contributed by atoms with Gasteiger partial charge in [0.2, 0.25) is 0 Å². The number of aliphatic hydroxyl groups excluding tert-OH is 2. The summed E-state index contributed by atoms with van der Waals surface area (Å²) in [6.07, 6.45) is 4.32. The van der Waals surface area contributed by atoms with Gasteiger partial charge in [-0.1, -0.05) is 49.6 Å². The summed E-state index contributed by atoms with van der Waals surface area (Å²) in [5.74, 6) is -0.175. The molecule has 116 valence electrons. The Morgan fingerprint density at radius 2 is 1.90 bits per heavy atom. The van der Waals surface area contributed by atoms with E-state index in [0.29, 0.717) is 5.56 Å². The van der Waals surface area contributed by atoms with E-state index in [2.05, 4.69) is 5.32 Å². The standard InChI is InChI=1S/C17H25NO3/c1-17(12-19,14-10-6-3-7-11-14)18-16(21)15(20)13-8-4-2-5-9-13/h2,4-5,8-9,14-15,19-20H,3,6-7,10-12H2,1H3,(H,18,21)/t15-,17?/m1/s1. The molecule has 2 rings (SSSR count). The summed E-state index contributed by atoms with van der Waals surface area (Å²) < 4.78 is 0. The molecule has 0 bridgehead atoms. The number of benzene rings is 1. The third-order valence-corrected chi connectivity index (χ3v) is 4.61. The fourth-order valence-corrected chi connectivity index (χ4v) is 3.15. The molecular weight excluding hydrogens is 266 g/mol. The van der Waals surface area contributed by atoms with Crippen LogP contribution in [-0.2, 0) is 4.79 Å². The quantitative estimate of drug-likeness (QED) is 0.778. The molecule has 4 heteroatoms. The number of aliphatic hydroxyl groups is 2. The zero-order chi connectivity index (χ0) is 15.3. The summed E-state index contributed by atoms with van der Waals surface area (Å²) in [6.45, 7) is 1.77. The van der Waals surface area contributed by atoms with Crippen molar-refractivity contribution in [3.05, 3.63) is 35.9 Å². The molecule has 1 amide bonds. The lowest BCUT2D eigenvalue weighted by atomic mass is 9.76. The smallest absolute Gasteiger partial charge is 0.253 e. The maximum absolute atomic E-state index is 12.3. The van der Waals surface area contributed by atoms with Gasteiger partial charge < -0.3 is 15.5 Å². The number of amides is 1. The monoisotopic (exact) mass is 291 g/mol. The maximum atomic E-state index is 12.3. The molecule has 3 N–H and O–H groups in total. The van der Waals surface area contributed by atoms with Gasteiger partial charge in [0.25, 0.3) is 5.91 Å². The Kier molecular flexibility index (Phi) is 5.37. The molecule has 1 aliphatic rings. The molecule has 1 saturated carbocycles. The van der Waals surface area contributed by atoms with Crippen LogP contribution < -0.4 is 5.32 Å². The molecule has 1 fully saturated rings. The zero-order valence-electron chi connectivity index (χ0n) is 12.6. The highest BCUT2D eigenvalue weighted by Crippen LogP contribution is 2.32. The minimum absolute atomic E-state index is 0.106. The molecule has 0 radical (unpaired) electrons. The highest BCUT2D eigenvalue weighted by atomic mass is 16.3. The Balaban J connectivity index is 2.05. The average Bonchev–Trinajstić information content (AvgIpc) is 2.55. The predicted octanol–water partition coefficient (Wildman–Crippen LogP) is 2.17.